The summed E-state index contributed by atoms with van der Waals surface area (Å²) in [6.45, 7) is 2.41. The lowest BCUT2D eigenvalue weighted by Crippen LogP contribution is -2.40. The number of anilines is 1. The quantitative estimate of drug-likeness (QED) is 0.657. The molecule has 2 aromatic rings. The number of nitrogens with one attached hydrogen (secondary N) is 2. The van der Waals surface area contributed by atoms with Gasteiger partial charge in [0.2, 0.25) is 10.0 Å². The highest BCUT2D eigenvalue weighted by Gasteiger charge is 2.30. The third kappa shape index (κ3) is 4.96. The minimum Gasteiger partial charge on any atom is -0.367 e. The van der Waals surface area contributed by atoms with E-state index in [2.05, 4.69) is 17.0 Å². The van der Waals surface area contributed by atoms with Gasteiger partial charge in [-0.15, -0.1) is 0 Å². The van der Waals surface area contributed by atoms with Crippen molar-refractivity contribution >= 4 is 21.6 Å². The van der Waals surface area contributed by atoms with Crippen LogP contribution < -0.4 is 10.0 Å². The molecule has 1 fully saturated rings. The van der Waals surface area contributed by atoms with Gasteiger partial charge >= 0.3 is 0 Å². The molecule has 8 heteroatoms. The van der Waals surface area contributed by atoms with Crippen LogP contribution in [0.15, 0.2) is 53.4 Å². The van der Waals surface area contributed by atoms with Crippen molar-refractivity contribution in [2.24, 2.45) is 0 Å². The first-order valence-corrected chi connectivity index (χ1v) is 10.7. The number of sulfonamides is 1. The van der Waals surface area contributed by atoms with Crippen molar-refractivity contribution in [3.05, 3.63) is 59.7 Å². The SMILES string of the molecule is CCCc1ccc(C(=O)Nc2ccc(S(=O)(=O)N[C@H]3CCO[C@@H]3O)cc2)cc1. The van der Waals surface area contributed by atoms with Gasteiger partial charge in [0.25, 0.3) is 5.91 Å². The monoisotopic (exact) mass is 404 g/mol. The largest absolute Gasteiger partial charge is 0.367 e. The third-order valence-corrected chi connectivity index (χ3v) is 6.05. The summed E-state index contributed by atoms with van der Waals surface area (Å²) >= 11 is 0. The predicted octanol–water partition coefficient (Wildman–Crippen LogP) is 2.28. The molecule has 0 saturated carbocycles. The molecule has 1 aliphatic rings. The van der Waals surface area contributed by atoms with Crippen molar-refractivity contribution in [3.63, 3.8) is 0 Å². The van der Waals surface area contributed by atoms with E-state index in [1.807, 2.05) is 12.1 Å². The number of hydrogen-bond acceptors (Lipinski definition) is 5. The maximum atomic E-state index is 12.4. The molecule has 0 aliphatic carbocycles. The number of rotatable bonds is 7. The van der Waals surface area contributed by atoms with Crippen molar-refractivity contribution in [2.45, 2.75) is 43.4 Å². The zero-order valence-corrected chi connectivity index (χ0v) is 16.4. The fourth-order valence-corrected chi connectivity index (χ4v) is 4.25. The van der Waals surface area contributed by atoms with E-state index in [9.17, 15) is 18.3 Å². The van der Waals surface area contributed by atoms with Crippen LogP contribution in [0.5, 0.6) is 0 Å². The Morgan fingerprint density at radius 1 is 1.14 bits per heavy atom. The first-order valence-electron chi connectivity index (χ1n) is 9.21. The highest BCUT2D eigenvalue weighted by molar-refractivity contribution is 7.89. The molecular formula is C20H24N2O5S. The van der Waals surface area contributed by atoms with Crippen molar-refractivity contribution in [3.8, 4) is 0 Å². The fourth-order valence-electron chi connectivity index (χ4n) is 2.99. The van der Waals surface area contributed by atoms with Crippen LogP contribution in [-0.4, -0.2) is 38.4 Å². The van der Waals surface area contributed by atoms with Gasteiger partial charge in [-0.1, -0.05) is 25.5 Å². The summed E-state index contributed by atoms with van der Waals surface area (Å²) in [5.41, 5.74) is 2.21. The first kappa shape index (κ1) is 20.5. The zero-order valence-electron chi connectivity index (χ0n) is 15.6. The van der Waals surface area contributed by atoms with Gasteiger partial charge in [-0.3, -0.25) is 4.79 Å². The molecule has 2 aromatic carbocycles. The maximum absolute atomic E-state index is 12.4. The molecule has 150 valence electrons. The average molecular weight is 404 g/mol. The summed E-state index contributed by atoms with van der Waals surface area (Å²) in [7, 11) is -3.79. The van der Waals surface area contributed by atoms with E-state index < -0.39 is 22.4 Å². The third-order valence-electron chi connectivity index (χ3n) is 4.55. The number of aliphatic hydroxyl groups excluding tert-OH is 1. The first-order chi connectivity index (χ1) is 13.4. The van der Waals surface area contributed by atoms with E-state index in [1.54, 1.807) is 12.1 Å². The summed E-state index contributed by atoms with van der Waals surface area (Å²) in [5, 5.41) is 12.4. The molecule has 3 rings (SSSR count). The molecule has 1 heterocycles. The highest BCUT2D eigenvalue weighted by Crippen LogP contribution is 2.18. The van der Waals surface area contributed by atoms with E-state index in [0.29, 0.717) is 24.3 Å². The minimum absolute atomic E-state index is 0.0496. The van der Waals surface area contributed by atoms with Crippen LogP contribution in [0.4, 0.5) is 5.69 Å². The number of aliphatic hydroxyl groups is 1. The van der Waals surface area contributed by atoms with Gasteiger partial charge < -0.3 is 15.2 Å². The maximum Gasteiger partial charge on any atom is 0.255 e. The van der Waals surface area contributed by atoms with E-state index in [0.717, 1.165) is 12.8 Å². The summed E-state index contributed by atoms with van der Waals surface area (Å²) in [6.07, 6.45) is 1.28. The summed E-state index contributed by atoms with van der Waals surface area (Å²) < 4.78 is 32.2. The Kier molecular flexibility index (Phi) is 6.46. The van der Waals surface area contributed by atoms with Gasteiger partial charge in [0.05, 0.1) is 17.5 Å². The number of benzene rings is 2. The second kappa shape index (κ2) is 8.83. The fraction of sp³-hybridized carbons (Fsp3) is 0.350. The molecular weight excluding hydrogens is 380 g/mol. The second-order valence-electron chi connectivity index (χ2n) is 6.70. The van der Waals surface area contributed by atoms with Crippen molar-refractivity contribution in [1.29, 1.82) is 0 Å². The van der Waals surface area contributed by atoms with E-state index >= 15 is 0 Å². The van der Waals surface area contributed by atoms with Crippen molar-refractivity contribution in [2.75, 3.05) is 11.9 Å². The number of amides is 1. The second-order valence-corrected chi connectivity index (χ2v) is 8.42. The highest BCUT2D eigenvalue weighted by atomic mass is 32.2. The van der Waals surface area contributed by atoms with Gasteiger partial charge in [0.1, 0.15) is 0 Å². The lowest BCUT2D eigenvalue weighted by atomic mass is 10.1. The van der Waals surface area contributed by atoms with Crippen molar-refractivity contribution < 1.29 is 23.1 Å². The Morgan fingerprint density at radius 2 is 1.82 bits per heavy atom. The van der Waals surface area contributed by atoms with Gasteiger partial charge in [0.15, 0.2) is 6.29 Å². The van der Waals surface area contributed by atoms with Gasteiger partial charge in [-0.2, -0.15) is 0 Å². The van der Waals surface area contributed by atoms with Gasteiger partial charge in [-0.25, -0.2) is 13.1 Å². The molecule has 0 bridgehead atoms. The summed E-state index contributed by atoms with van der Waals surface area (Å²) in [4.78, 5) is 12.4. The normalized spacial score (nSPS) is 19.5. The van der Waals surface area contributed by atoms with Crippen LogP contribution in [-0.2, 0) is 21.2 Å². The molecule has 1 amide bonds. The Bertz CT molecular complexity index is 911. The Balaban J connectivity index is 1.64. The van der Waals surface area contributed by atoms with E-state index in [4.69, 9.17) is 4.74 Å². The van der Waals surface area contributed by atoms with Crippen LogP contribution in [0.2, 0.25) is 0 Å². The lowest BCUT2D eigenvalue weighted by Gasteiger charge is -2.15. The predicted molar refractivity (Wildman–Crippen MR) is 106 cm³/mol. The van der Waals surface area contributed by atoms with Crippen LogP contribution in [0, 0.1) is 0 Å². The standard InChI is InChI=1S/C20H24N2O5S/c1-2-3-14-4-6-15(7-5-14)19(23)21-16-8-10-17(11-9-16)28(25,26)22-18-12-13-27-20(18)24/h4-11,18,20,22,24H,2-3,12-13H2,1H3,(H,21,23)/t18-,20-/m0/s1. The smallest absolute Gasteiger partial charge is 0.255 e. The van der Waals surface area contributed by atoms with E-state index in [1.165, 1.54) is 29.8 Å². The number of carbonyl (C=O) groups excluding carboxylic acids is 1. The van der Waals surface area contributed by atoms with Crippen LogP contribution in [0.25, 0.3) is 0 Å². The Labute approximate surface area is 164 Å². The van der Waals surface area contributed by atoms with Crippen molar-refractivity contribution in [1.82, 2.24) is 4.72 Å². The molecule has 0 unspecified atom stereocenters. The zero-order chi connectivity index (χ0) is 20.1. The molecule has 3 N–H and O–H groups in total. The number of aryl methyl sites for hydroxylation is 1. The van der Waals surface area contributed by atoms with Gasteiger partial charge in [0, 0.05) is 11.3 Å². The molecule has 2 atom stereocenters. The molecule has 0 radical (unpaired) electrons. The number of carbonyl (C=O) groups is 1. The molecule has 1 saturated heterocycles. The summed E-state index contributed by atoms with van der Waals surface area (Å²) in [5.74, 6) is -0.261. The van der Waals surface area contributed by atoms with Gasteiger partial charge in [-0.05, 0) is 54.8 Å². The molecule has 1 aliphatic heterocycles. The Morgan fingerprint density at radius 3 is 2.39 bits per heavy atom. The molecule has 7 nitrogen and oxygen atoms in total. The van der Waals surface area contributed by atoms with Crippen LogP contribution >= 0.6 is 0 Å². The van der Waals surface area contributed by atoms with E-state index in [-0.39, 0.29) is 10.8 Å². The topological polar surface area (TPSA) is 105 Å². The molecule has 28 heavy (non-hydrogen) atoms. The average Bonchev–Trinajstić information content (AvgIpc) is 3.07. The lowest BCUT2D eigenvalue weighted by molar-refractivity contribution is -0.0686. The number of hydrogen-bond donors (Lipinski definition) is 3. The minimum atomic E-state index is -3.79. The van der Waals surface area contributed by atoms with Crippen LogP contribution in [0.1, 0.15) is 35.7 Å². The molecule has 0 spiro atoms. The molecule has 0 aromatic heterocycles. The number of ether oxygens (including phenoxy) is 1. The summed E-state index contributed by atoms with van der Waals surface area (Å²) in [6, 6.07) is 12.6. The van der Waals surface area contributed by atoms with Crippen LogP contribution in [0.3, 0.4) is 0 Å². The Hall–Kier alpha value is -2.26.